The molecule has 1 aliphatic rings. The Bertz CT molecular complexity index is 1140. The van der Waals surface area contributed by atoms with Crippen molar-refractivity contribution in [1.82, 2.24) is 10.3 Å². The van der Waals surface area contributed by atoms with E-state index in [2.05, 4.69) is 20.9 Å². The van der Waals surface area contributed by atoms with Crippen LogP contribution in [-0.4, -0.2) is 28.0 Å². The maximum atomic E-state index is 12.6. The number of rotatable bonds is 5. The summed E-state index contributed by atoms with van der Waals surface area (Å²) in [5.74, 6) is 0.631. The zero-order valence-electron chi connectivity index (χ0n) is 16.1. The third-order valence-corrected chi connectivity index (χ3v) is 6.26. The zero-order chi connectivity index (χ0) is 21.3. The highest BCUT2D eigenvalue weighted by molar-refractivity contribution is 8.00. The summed E-state index contributed by atoms with van der Waals surface area (Å²) in [5.41, 5.74) is 1.65. The maximum Gasteiger partial charge on any atom is 0.257 e. The van der Waals surface area contributed by atoms with E-state index >= 15 is 0 Å². The molecule has 3 heterocycles. The summed E-state index contributed by atoms with van der Waals surface area (Å²) >= 11 is 2.74. The molecule has 4 rings (SSSR count). The normalized spacial score (nSPS) is 15.3. The third kappa shape index (κ3) is 4.39. The van der Waals surface area contributed by atoms with Crippen LogP contribution in [0.25, 0.3) is 11.5 Å². The van der Waals surface area contributed by atoms with Crippen molar-refractivity contribution in [1.29, 1.82) is 0 Å². The first-order chi connectivity index (χ1) is 14.4. The van der Waals surface area contributed by atoms with Gasteiger partial charge in [-0.2, -0.15) is 0 Å². The van der Waals surface area contributed by atoms with Crippen LogP contribution in [0.15, 0.2) is 45.0 Å². The third-order valence-electron chi connectivity index (χ3n) is 4.32. The molecule has 1 atom stereocenters. The van der Waals surface area contributed by atoms with Crippen LogP contribution >= 0.6 is 23.1 Å². The van der Waals surface area contributed by atoms with Gasteiger partial charge in [0.1, 0.15) is 11.5 Å². The van der Waals surface area contributed by atoms with E-state index in [1.807, 2.05) is 13.0 Å². The number of amides is 3. The summed E-state index contributed by atoms with van der Waals surface area (Å²) < 4.78 is 5.68. The fourth-order valence-electron chi connectivity index (χ4n) is 2.79. The lowest BCUT2D eigenvalue weighted by Gasteiger charge is -2.21. The quantitative estimate of drug-likeness (QED) is 0.555. The van der Waals surface area contributed by atoms with Gasteiger partial charge >= 0.3 is 0 Å². The van der Waals surface area contributed by atoms with Gasteiger partial charge in [0.15, 0.2) is 10.9 Å². The van der Waals surface area contributed by atoms with E-state index < -0.39 is 0 Å². The number of nitrogens with one attached hydrogen (secondary N) is 3. The van der Waals surface area contributed by atoms with Crippen molar-refractivity contribution in [2.45, 2.75) is 30.5 Å². The molecule has 154 valence electrons. The fourth-order valence-corrected chi connectivity index (χ4v) is 4.41. The summed E-state index contributed by atoms with van der Waals surface area (Å²) in [6.45, 7) is 3.58. The Kier molecular flexibility index (Phi) is 5.60. The van der Waals surface area contributed by atoms with Crippen molar-refractivity contribution in [3.8, 4) is 11.5 Å². The van der Waals surface area contributed by atoms with Gasteiger partial charge in [0.05, 0.1) is 17.5 Å². The molecule has 3 amide bonds. The summed E-state index contributed by atoms with van der Waals surface area (Å²) in [4.78, 5) is 40.8. The van der Waals surface area contributed by atoms with Gasteiger partial charge < -0.3 is 15.1 Å². The molecule has 0 saturated carbocycles. The van der Waals surface area contributed by atoms with Crippen molar-refractivity contribution in [3.05, 3.63) is 47.0 Å². The Labute approximate surface area is 180 Å². The van der Waals surface area contributed by atoms with Gasteiger partial charge in [-0.3, -0.25) is 19.7 Å². The number of aromatic nitrogens is 1. The number of thiazole rings is 1. The van der Waals surface area contributed by atoms with Gasteiger partial charge in [-0.25, -0.2) is 4.98 Å². The molecule has 8 nitrogen and oxygen atoms in total. The molecule has 10 heteroatoms. The van der Waals surface area contributed by atoms with Gasteiger partial charge in [0.2, 0.25) is 11.8 Å². The summed E-state index contributed by atoms with van der Waals surface area (Å²) in [6, 6.07) is 8.75. The van der Waals surface area contributed by atoms with Crippen LogP contribution in [0.1, 0.15) is 30.0 Å². The first-order valence-electron chi connectivity index (χ1n) is 9.11. The lowest BCUT2D eigenvalue weighted by Crippen LogP contribution is -2.26. The molecule has 1 aromatic carbocycles. The summed E-state index contributed by atoms with van der Waals surface area (Å²) in [7, 11) is 0. The second-order valence-electron chi connectivity index (χ2n) is 6.63. The highest BCUT2D eigenvalue weighted by Gasteiger charge is 2.24. The van der Waals surface area contributed by atoms with Gasteiger partial charge in [-0.15, -0.1) is 23.1 Å². The molecule has 3 aromatic rings. The average molecular weight is 443 g/mol. The Morgan fingerprint density at radius 3 is 2.90 bits per heavy atom. The van der Waals surface area contributed by atoms with Crippen LogP contribution in [-0.2, 0) is 16.1 Å². The first kappa shape index (κ1) is 20.2. The standard InChI is InChI=1S/C20H18N4O4S2/c1-10-18(26)22-14-7-12(3-6-17(14)30-10)19(27)24-20-23-15(9-29-20)16-5-4-13(28-16)8-21-11(2)25/h3-7,9-10H,8H2,1-2H3,(H,21,25)(H,22,26)(H,23,24,27). The van der Waals surface area contributed by atoms with E-state index in [1.54, 1.807) is 29.6 Å². The van der Waals surface area contributed by atoms with E-state index in [-0.39, 0.29) is 23.0 Å². The van der Waals surface area contributed by atoms with Gasteiger partial charge in [0, 0.05) is 22.8 Å². The summed E-state index contributed by atoms with van der Waals surface area (Å²) in [6.07, 6.45) is 0. The highest BCUT2D eigenvalue weighted by Crippen LogP contribution is 2.36. The average Bonchev–Trinajstić information content (AvgIpc) is 3.36. The molecule has 0 saturated heterocycles. The molecule has 3 N–H and O–H groups in total. The predicted molar refractivity (Wildman–Crippen MR) is 116 cm³/mol. The van der Waals surface area contributed by atoms with Crippen molar-refractivity contribution in [3.63, 3.8) is 0 Å². The van der Waals surface area contributed by atoms with Crippen molar-refractivity contribution >= 4 is 51.6 Å². The molecule has 0 fully saturated rings. The molecule has 1 aliphatic heterocycles. The lowest BCUT2D eigenvalue weighted by atomic mass is 10.2. The van der Waals surface area contributed by atoms with E-state index in [4.69, 9.17) is 4.42 Å². The highest BCUT2D eigenvalue weighted by atomic mass is 32.2. The maximum absolute atomic E-state index is 12.6. The number of carbonyl (C=O) groups is 3. The lowest BCUT2D eigenvalue weighted by molar-refractivity contribution is -0.119. The number of carbonyl (C=O) groups excluding carboxylic acids is 3. The first-order valence-corrected chi connectivity index (χ1v) is 10.9. The molecular formula is C20H18N4O4S2. The topological polar surface area (TPSA) is 113 Å². The Morgan fingerprint density at radius 1 is 1.27 bits per heavy atom. The van der Waals surface area contributed by atoms with Crippen molar-refractivity contribution in [2.24, 2.45) is 0 Å². The monoisotopic (exact) mass is 442 g/mol. The van der Waals surface area contributed by atoms with E-state index in [9.17, 15) is 14.4 Å². The molecule has 2 aromatic heterocycles. The minimum Gasteiger partial charge on any atom is -0.458 e. The number of nitrogens with zero attached hydrogens (tertiary/aromatic N) is 1. The smallest absolute Gasteiger partial charge is 0.257 e. The number of thioether (sulfide) groups is 1. The fraction of sp³-hybridized carbons (Fsp3) is 0.200. The molecular weight excluding hydrogens is 424 g/mol. The van der Waals surface area contributed by atoms with E-state index in [1.165, 1.54) is 30.0 Å². The van der Waals surface area contributed by atoms with Crippen LogP contribution in [0.4, 0.5) is 10.8 Å². The van der Waals surface area contributed by atoms with E-state index in [0.29, 0.717) is 40.1 Å². The van der Waals surface area contributed by atoms with Gasteiger partial charge in [-0.1, -0.05) is 0 Å². The van der Waals surface area contributed by atoms with Crippen molar-refractivity contribution < 1.29 is 18.8 Å². The Balaban J connectivity index is 1.44. The Morgan fingerprint density at radius 2 is 2.10 bits per heavy atom. The number of furan rings is 1. The SMILES string of the molecule is CC(=O)NCc1ccc(-c2csc(NC(=O)c3ccc4c(c3)NC(=O)C(C)S4)n2)o1. The molecule has 30 heavy (non-hydrogen) atoms. The molecule has 0 radical (unpaired) electrons. The Hall–Kier alpha value is -3.11. The second-order valence-corrected chi connectivity index (χ2v) is 8.87. The van der Waals surface area contributed by atoms with Crippen LogP contribution in [0.5, 0.6) is 0 Å². The van der Waals surface area contributed by atoms with Gasteiger partial charge in [-0.05, 0) is 37.3 Å². The van der Waals surface area contributed by atoms with Crippen molar-refractivity contribution in [2.75, 3.05) is 10.6 Å². The largest absolute Gasteiger partial charge is 0.458 e. The predicted octanol–water partition coefficient (Wildman–Crippen LogP) is 3.72. The molecule has 0 aliphatic carbocycles. The van der Waals surface area contributed by atoms with Crippen LogP contribution in [0.3, 0.4) is 0 Å². The molecule has 1 unspecified atom stereocenters. The minimum atomic E-state index is -0.317. The molecule has 0 bridgehead atoms. The summed E-state index contributed by atoms with van der Waals surface area (Å²) in [5, 5.41) is 10.3. The number of fused-ring (bicyclic) bond motifs is 1. The number of anilines is 2. The van der Waals surface area contributed by atoms with E-state index in [0.717, 1.165) is 4.90 Å². The van der Waals surface area contributed by atoms with Crippen LogP contribution in [0, 0.1) is 0 Å². The minimum absolute atomic E-state index is 0.0778. The van der Waals surface area contributed by atoms with Crippen LogP contribution < -0.4 is 16.0 Å². The number of benzene rings is 1. The van der Waals surface area contributed by atoms with Gasteiger partial charge in [0.25, 0.3) is 5.91 Å². The van der Waals surface area contributed by atoms with Crippen LogP contribution in [0.2, 0.25) is 0 Å². The second kappa shape index (κ2) is 8.33. The number of hydrogen-bond acceptors (Lipinski definition) is 7. The molecule has 0 spiro atoms. The zero-order valence-corrected chi connectivity index (χ0v) is 17.8. The number of hydrogen-bond donors (Lipinski definition) is 3.